The Morgan fingerprint density at radius 3 is 2.56 bits per heavy atom. The molecule has 0 aliphatic carbocycles. The Morgan fingerprint density at radius 1 is 1.16 bits per heavy atom. The van der Waals surface area contributed by atoms with Crippen molar-refractivity contribution in [3.63, 3.8) is 0 Å². The quantitative estimate of drug-likeness (QED) is 0.869. The number of carbonyl (C=O) groups is 3. The summed E-state index contributed by atoms with van der Waals surface area (Å²) in [6.45, 7) is 1.52. The summed E-state index contributed by atoms with van der Waals surface area (Å²) in [5, 5.41) is 2.79. The molecule has 2 aromatic carbocycles. The second kappa shape index (κ2) is 6.76. The second-order valence-corrected chi connectivity index (χ2v) is 5.90. The molecule has 2 amide bonds. The predicted molar refractivity (Wildman–Crippen MR) is 94.1 cm³/mol. The van der Waals surface area contributed by atoms with E-state index in [4.69, 9.17) is 4.74 Å². The van der Waals surface area contributed by atoms with E-state index < -0.39 is 0 Å². The summed E-state index contributed by atoms with van der Waals surface area (Å²) >= 11 is 0. The molecule has 0 saturated heterocycles. The van der Waals surface area contributed by atoms with Crippen molar-refractivity contribution in [3.05, 3.63) is 53.6 Å². The number of anilines is 2. The number of nitrogens with one attached hydrogen (secondary N) is 1. The third kappa shape index (κ3) is 3.68. The lowest BCUT2D eigenvalue weighted by molar-refractivity contribution is -0.121. The van der Waals surface area contributed by atoms with Crippen molar-refractivity contribution in [2.45, 2.75) is 13.3 Å². The number of hydrogen-bond acceptors (Lipinski definition) is 4. The summed E-state index contributed by atoms with van der Waals surface area (Å²) in [6, 6.07) is 12.1. The number of fused-ring (bicyclic) bond motifs is 1. The van der Waals surface area contributed by atoms with Gasteiger partial charge in [0.15, 0.2) is 12.4 Å². The van der Waals surface area contributed by atoms with E-state index in [-0.39, 0.29) is 30.6 Å². The van der Waals surface area contributed by atoms with Gasteiger partial charge in [-0.05, 0) is 48.9 Å². The van der Waals surface area contributed by atoms with Crippen LogP contribution in [0.5, 0.6) is 5.75 Å². The molecule has 1 N–H and O–H groups in total. The molecule has 0 fully saturated rings. The van der Waals surface area contributed by atoms with Gasteiger partial charge in [-0.15, -0.1) is 0 Å². The molecule has 3 rings (SSSR count). The number of hydrogen-bond donors (Lipinski definition) is 1. The lowest BCUT2D eigenvalue weighted by Crippen LogP contribution is -2.35. The molecule has 6 nitrogen and oxygen atoms in total. The smallest absolute Gasteiger partial charge is 0.264 e. The average Bonchev–Trinajstić information content (AvgIpc) is 2.59. The zero-order chi connectivity index (χ0) is 18.0. The van der Waals surface area contributed by atoms with Gasteiger partial charge in [-0.2, -0.15) is 0 Å². The molecule has 1 heterocycles. The van der Waals surface area contributed by atoms with Crippen molar-refractivity contribution in [3.8, 4) is 5.75 Å². The highest BCUT2D eigenvalue weighted by Crippen LogP contribution is 2.32. The number of ketones is 1. The van der Waals surface area contributed by atoms with Crippen LogP contribution >= 0.6 is 0 Å². The van der Waals surface area contributed by atoms with Crippen LogP contribution in [0.3, 0.4) is 0 Å². The highest BCUT2D eigenvalue weighted by atomic mass is 16.5. The molecule has 0 spiro atoms. The summed E-state index contributed by atoms with van der Waals surface area (Å²) < 4.78 is 5.37. The lowest BCUT2D eigenvalue weighted by Gasteiger charge is -2.26. The maximum atomic E-state index is 12.2. The van der Waals surface area contributed by atoms with Crippen LogP contribution in [0.15, 0.2) is 42.5 Å². The summed E-state index contributed by atoms with van der Waals surface area (Å²) in [7, 11) is 1.68. The van der Waals surface area contributed by atoms with E-state index in [1.165, 1.54) is 11.8 Å². The van der Waals surface area contributed by atoms with E-state index in [2.05, 4.69) is 5.32 Å². The normalized spacial score (nSPS) is 13.0. The second-order valence-electron chi connectivity index (χ2n) is 5.90. The molecule has 128 valence electrons. The fraction of sp³-hybridized carbons (Fsp3) is 0.211. The number of Topliss-reactive ketones (excluding diaryl/α,β-unsaturated/α-hetero) is 1. The van der Waals surface area contributed by atoms with E-state index in [1.807, 2.05) is 0 Å². The lowest BCUT2D eigenvalue weighted by atomic mass is 10.1. The summed E-state index contributed by atoms with van der Waals surface area (Å²) in [5.41, 5.74) is 2.66. The van der Waals surface area contributed by atoms with Crippen LogP contribution in [0.1, 0.15) is 22.8 Å². The van der Waals surface area contributed by atoms with Crippen LogP contribution < -0.4 is 15.0 Å². The highest BCUT2D eigenvalue weighted by molar-refractivity contribution is 5.98. The Hall–Kier alpha value is -3.15. The van der Waals surface area contributed by atoms with E-state index in [0.29, 0.717) is 22.7 Å². The first-order chi connectivity index (χ1) is 11.9. The molecule has 0 radical (unpaired) electrons. The van der Waals surface area contributed by atoms with Gasteiger partial charge in [-0.1, -0.05) is 6.07 Å². The first kappa shape index (κ1) is 16.7. The van der Waals surface area contributed by atoms with E-state index >= 15 is 0 Å². The van der Waals surface area contributed by atoms with Gasteiger partial charge in [-0.3, -0.25) is 14.4 Å². The Morgan fingerprint density at radius 2 is 1.88 bits per heavy atom. The topological polar surface area (TPSA) is 75.7 Å². The van der Waals surface area contributed by atoms with Crippen molar-refractivity contribution in [1.82, 2.24) is 0 Å². The minimum atomic E-state index is -0.179. The Bertz CT molecular complexity index is 843. The third-order valence-electron chi connectivity index (χ3n) is 4.05. The van der Waals surface area contributed by atoms with Crippen molar-refractivity contribution >= 4 is 29.0 Å². The SMILES string of the molecule is CC(=O)c1ccc(NC(=O)Cc2ccc3c(c2)N(C)C(=O)CO3)cc1. The molecular formula is C19H18N2O4. The van der Waals surface area contributed by atoms with E-state index in [0.717, 1.165) is 5.56 Å². The minimum absolute atomic E-state index is 0.0205. The van der Waals surface area contributed by atoms with Crippen LogP contribution in [0.25, 0.3) is 0 Å². The Labute approximate surface area is 145 Å². The number of carbonyl (C=O) groups excluding carboxylic acids is 3. The zero-order valence-corrected chi connectivity index (χ0v) is 14.0. The summed E-state index contributed by atoms with van der Waals surface area (Å²) in [6.07, 6.45) is 0.170. The molecule has 2 aromatic rings. The van der Waals surface area contributed by atoms with Crippen LogP contribution in [0, 0.1) is 0 Å². The van der Waals surface area contributed by atoms with Gasteiger partial charge in [0.2, 0.25) is 5.91 Å². The van der Waals surface area contributed by atoms with Crippen molar-refractivity contribution in [1.29, 1.82) is 0 Å². The number of benzene rings is 2. The molecule has 25 heavy (non-hydrogen) atoms. The third-order valence-corrected chi connectivity index (χ3v) is 4.05. The van der Waals surface area contributed by atoms with E-state index in [9.17, 15) is 14.4 Å². The number of rotatable bonds is 4. The minimum Gasteiger partial charge on any atom is -0.482 e. The summed E-state index contributed by atoms with van der Waals surface area (Å²) in [5.74, 6) is 0.305. The van der Waals surface area contributed by atoms with Crippen LogP contribution in [0.4, 0.5) is 11.4 Å². The predicted octanol–water partition coefficient (Wildman–Crippen LogP) is 2.43. The largest absolute Gasteiger partial charge is 0.482 e. The van der Waals surface area contributed by atoms with Crippen molar-refractivity contribution < 1.29 is 19.1 Å². The fourth-order valence-electron chi connectivity index (χ4n) is 2.61. The van der Waals surface area contributed by atoms with Gasteiger partial charge in [0.05, 0.1) is 12.1 Å². The maximum Gasteiger partial charge on any atom is 0.264 e. The standard InChI is InChI=1S/C19H18N2O4/c1-12(22)14-4-6-15(7-5-14)20-18(23)10-13-3-8-17-16(9-13)21(2)19(24)11-25-17/h3-9H,10-11H2,1-2H3,(H,20,23). The first-order valence-electron chi connectivity index (χ1n) is 7.87. The van der Waals surface area contributed by atoms with Gasteiger partial charge in [0.1, 0.15) is 5.75 Å². The summed E-state index contributed by atoms with van der Waals surface area (Å²) in [4.78, 5) is 36.7. The molecule has 0 unspecified atom stereocenters. The van der Waals surface area contributed by atoms with Crippen LogP contribution in [-0.2, 0) is 16.0 Å². The fourth-order valence-corrected chi connectivity index (χ4v) is 2.61. The van der Waals surface area contributed by atoms with Gasteiger partial charge < -0.3 is 15.0 Å². The van der Waals surface area contributed by atoms with E-state index in [1.54, 1.807) is 49.5 Å². The number of likely N-dealkylation sites (N-methyl/N-ethyl adjacent to an activating group) is 1. The van der Waals surface area contributed by atoms with Crippen LogP contribution in [-0.4, -0.2) is 31.3 Å². The highest BCUT2D eigenvalue weighted by Gasteiger charge is 2.22. The van der Waals surface area contributed by atoms with Crippen molar-refractivity contribution in [2.24, 2.45) is 0 Å². The van der Waals surface area contributed by atoms with Gasteiger partial charge in [0, 0.05) is 18.3 Å². The monoisotopic (exact) mass is 338 g/mol. The molecule has 0 aromatic heterocycles. The number of nitrogens with zero attached hydrogens (tertiary/aromatic N) is 1. The molecule has 0 atom stereocenters. The van der Waals surface area contributed by atoms with Crippen molar-refractivity contribution in [2.75, 3.05) is 23.9 Å². The first-order valence-corrected chi connectivity index (χ1v) is 7.87. The zero-order valence-electron chi connectivity index (χ0n) is 14.0. The molecule has 1 aliphatic rings. The molecule has 0 bridgehead atoms. The number of amides is 2. The maximum absolute atomic E-state index is 12.2. The molecule has 0 saturated carbocycles. The molecule has 1 aliphatic heterocycles. The van der Waals surface area contributed by atoms with Crippen LogP contribution in [0.2, 0.25) is 0 Å². The van der Waals surface area contributed by atoms with Gasteiger partial charge in [-0.25, -0.2) is 0 Å². The molecular weight excluding hydrogens is 320 g/mol. The molecule has 6 heteroatoms. The van der Waals surface area contributed by atoms with Gasteiger partial charge in [0.25, 0.3) is 5.91 Å². The average molecular weight is 338 g/mol. The van der Waals surface area contributed by atoms with Gasteiger partial charge >= 0.3 is 0 Å². The Balaban J connectivity index is 1.69. The number of ether oxygens (including phenoxy) is 1. The Kier molecular flexibility index (Phi) is 4.52.